The molecule has 0 saturated carbocycles. The highest BCUT2D eigenvalue weighted by Gasteiger charge is 2.35. The molecule has 0 aliphatic carbocycles. The van der Waals surface area contributed by atoms with Crippen LogP contribution in [0.1, 0.15) is 16.3 Å². The summed E-state index contributed by atoms with van der Waals surface area (Å²) in [7, 11) is -3.40. The third kappa shape index (κ3) is 4.92. The number of carbonyl (C=O) groups excluding carboxylic acids is 1. The van der Waals surface area contributed by atoms with Gasteiger partial charge in [-0.25, -0.2) is 13.4 Å². The van der Waals surface area contributed by atoms with Gasteiger partial charge in [0.05, 0.1) is 18.2 Å². The molecule has 0 saturated heterocycles. The smallest absolute Gasteiger partial charge is 0.330 e. The molecule has 1 unspecified atom stereocenters. The molecule has 2 aromatic rings. The predicted octanol–water partition coefficient (Wildman–Crippen LogP) is 2.44. The molecule has 144 valence electrons. The minimum atomic E-state index is -4.57. The summed E-state index contributed by atoms with van der Waals surface area (Å²) in [5.41, 5.74) is -0.314. The van der Waals surface area contributed by atoms with Gasteiger partial charge < -0.3 is 4.90 Å². The summed E-state index contributed by atoms with van der Waals surface area (Å²) in [6.07, 6.45) is -0.421. The van der Waals surface area contributed by atoms with E-state index in [0.717, 1.165) is 27.7 Å². The molecule has 6 nitrogen and oxygen atoms in total. The minimum absolute atomic E-state index is 0.0249. The van der Waals surface area contributed by atoms with Gasteiger partial charge in [0.2, 0.25) is 5.91 Å². The van der Waals surface area contributed by atoms with Crippen LogP contribution in [0, 0.1) is 0 Å². The summed E-state index contributed by atoms with van der Waals surface area (Å²) in [4.78, 5) is 21.4. The quantitative estimate of drug-likeness (QED) is 0.747. The number of halogens is 3. The standard InChI is InChI=1S/C16H14F3N3O3S2/c17-16(18,19)13-9-26-14(21-13)7-15(23)22(8-11-1-4-20-5-2-11)12-3-6-27(24,25)10-12/h1-6,9,12H,7-8,10H2. The number of pyridine rings is 1. The van der Waals surface area contributed by atoms with Gasteiger partial charge in [0, 0.05) is 29.7 Å². The Kier molecular flexibility index (Phi) is 5.33. The van der Waals surface area contributed by atoms with Crippen LogP contribution >= 0.6 is 11.3 Å². The van der Waals surface area contributed by atoms with Crippen molar-refractivity contribution < 1.29 is 26.4 Å². The van der Waals surface area contributed by atoms with Crippen molar-refractivity contribution >= 4 is 27.1 Å². The van der Waals surface area contributed by atoms with Crippen molar-refractivity contribution in [1.29, 1.82) is 0 Å². The predicted molar refractivity (Wildman–Crippen MR) is 92.3 cm³/mol. The average Bonchev–Trinajstić information content (AvgIpc) is 3.19. The lowest BCUT2D eigenvalue weighted by molar-refractivity contribution is -0.141. The van der Waals surface area contributed by atoms with E-state index in [1.165, 1.54) is 23.4 Å². The van der Waals surface area contributed by atoms with Crippen LogP contribution in [0.5, 0.6) is 0 Å². The monoisotopic (exact) mass is 417 g/mol. The summed E-state index contributed by atoms with van der Waals surface area (Å²) >= 11 is 0.746. The number of aromatic nitrogens is 2. The molecule has 0 N–H and O–H groups in total. The van der Waals surface area contributed by atoms with Crippen molar-refractivity contribution in [3.63, 3.8) is 0 Å². The van der Waals surface area contributed by atoms with Gasteiger partial charge in [0.15, 0.2) is 15.5 Å². The average molecular weight is 417 g/mol. The molecule has 1 aliphatic rings. The van der Waals surface area contributed by atoms with Gasteiger partial charge in [-0.3, -0.25) is 9.78 Å². The van der Waals surface area contributed by atoms with Gasteiger partial charge in [-0.05, 0) is 23.8 Å². The highest BCUT2D eigenvalue weighted by molar-refractivity contribution is 7.94. The van der Waals surface area contributed by atoms with Crippen molar-refractivity contribution in [3.05, 3.63) is 57.7 Å². The van der Waals surface area contributed by atoms with Crippen molar-refractivity contribution in [3.8, 4) is 0 Å². The van der Waals surface area contributed by atoms with Crippen molar-refractivity contribution in [2.75, 3.05) is 5.75 Å². The fraction of sp³-hybridized carbons (Fsp3) is 0.312. The Morgan fingerprint density at radius 2 is 2.00 bits per heavy atom. The number of carbonyl (C=O) groups is 1. The molecule has 0 radical (unpaired) electrons. The molecule has 27 heavy (non-hydrogen) atoms. The number of hydrogen-bond acceptors (Lipinski definition) is 6. The molecule has 2 aromatic heterocycles. The Hall–Kier alpha value is -2.27. The highest BCUT2D eigenvalue weighted by atomic mass is 32.2. The van der Waals surface area contributed by atoms with Crippen LogP contribution in [0.4, 0.5) is 13.2 Å². The molecule has 1 amide bonds. The molecular formula is C16H14F3N3O3S2. The van der Waals surface area contributed by atoms with Gasteiger partial charge in [-0.15, -0.1) is 11.3 Å². The van der Waals surface area contributed by atoms with Crippen LogP contribution < -0.4 is 0 Å². The van der Waals surface area contributed by atoms with Gasteiger partial charge in [-0.2, -0.15) is 13.2 Å². The number of sulfone groups is 1. The zero-order chi connectivity index (χ0) is 19.7. The molecule has 3 heterocycles. The second-order valence-corrected chi connectivity index (χ2v) is 8.78. The van der Waals surface area contributed by atoms with Gasteiger partial charge in [0.25, 0.3) is 0 Å². The highest BCUT2D eigenvalue weighted by Crippen LogP contribution is 2.30. The van der Waals surface area contributed by atoms with Crippen LogP contribution in [-0.2, 0) is 33.8 Å². The first-order chi connectivity index (χ1) is 12.6. The fourth-order valence-electron chi connectivity index (χ4n) is 2.58. The van der Waals surface area contributed by atoms with Gasteiger partial charge in [-0.1, -0.05) is 0 Å². The summed E-state index contributed by atoms with van der Waals surface area (Å²) < 4.78 is 61.5. The first kappa shape index (κ1) is 19.5. The van der Waals surface area contributed by atoms with E-state index in [1.54, 1.807) is 12.1 Å². The van der Waals surface area contributed by atoms with Crippen molar-refractivity contribution in [1.82, 2.24) is 14.9 Å². The van der Waals surface area contributed by atoms with E-state index in [9.17, 15) is 26.4 Å². The molecule has 3 rings (SSSR count). The van der Waals surface area contributed by atoms with Crippen LogP contribution in [0.25, 0.3) is 0 Å². The van der Waals surface area contributed by atoms with E-state index in [-0.39, 0.29) is 23.7 Å². The Morgan fingerprint density at radius 3 is 2.56 bits per heavy atom. The zero-order valence-electron chi connectivity index (χ0n) is 13.8. The molecular weight excluding hydrogens is 403 g/mol. The number of alkyl halides is 3. The summed E-state index contributed by atoms with van der Waals surface area (Å²) in [6.45, 7) is 0.114. The topological polar surface area (TPSA) is 80.2 Å². The lowest BCUT2D eigenvalue weighted by Gasteiger charge is -2.27. The van der Waals surface area contributed by atoms with E-state index in [4.69, 9.17) is 0 Å². The molecule has 0 spiro atoms. The second-order valence-electron chi connectivity index (χ2n) is 5.90. The number of nitrogens with zero attached hydrogens (tertiary/aromatic N) is 3. The lowest BCUT2D eigenvalue weighted by Crippen LogP contribution is -2.41. The third-order valence-electron chi connectivity index (χ3n) is 3.88. The van der Waals surface area contributed by atoms with Gasteiger partial charge >= 0.3 is 6.18 Å². The fourth-order valence-corrected chi connectivity index (χ4v) is 4.67. The maximum atomic E-state index is 12.7. The molecule has 11 heteroatoms. The van der Waals surface area contributed by atoms with E-state index in [2.05, 4.69) is 9.97 Å². The summed E-state index contributed by atoms with van der Waals surface area (Å²) in [6, 6.07) is 2.68. The zero-order valence-corrected chi connectivity index (χ0v) is 15.4. The maximum Gasteiger partial charge on any atom is 0.434 e. The Bertz CT molecular complexity index is 956. The van der Waals surface area contributed by atoms with E-state index in [1.807, 2.05) is 0 Å². The van der Waals surface area contributed by atoms with E-state index >= 15 is 0 Å². The van der Waals surface area contributed by atoms with Crippen LogP contribution in [0.15, 0.2) is 41.4 Å². The molecule has 0 fully saturated rings. The van der Waals surface area contributed by atoms with Crippen molar-refractivity contribution in [2.24, 2.45) is 0 Å². The maximum absolute atomic E-state index is 12.7. The van der Waals surface area contributed by atoms with Crippen LogP contribution in [-0.4, -0.2) is 41.0 Å². The number of thiazole rings is 1. The minimum Gasteiger partial charge on any atom is -0.330 e. The second kappa shape index (κ2) is 7.39. The molecule has 1 aliphatic heterocycles. The van der Waals surface area contributed by atoms with E-state index < -0.39 is 33.7 Å². The Morgan fingerprint density at radius 1 is 1.30 bits per heavy atom. The Labute approximate surface area is 157 Å². The normalized spacial score (nSPS) is 18.6. The number of rotatable bonds is 5. The lowest BCUT2D eigenvalue weighted by atomic mass is 10.2. The van der Waals surface area contributed by atoms with Crippen molar-refractivity contribution in [2.45, 2.75) is 25.2 Å². The third-order valence-corrected chi connectivity index (χ3v) is 6.11. The first-order valence-electron chi connectivity index (χ1n) is 7.75. The number of amides is 1. The first-order valence-corrected chi connectivity index (χ1v) is 10.3. The summed E-state index contributed by atoms with van der Waals surface area (Å²) in [5, 5.41) is 1.93. The van der Waals surface area contributed by atoms with Crippen LogP contribution in [0.3, 0.4) is 0 Å². The largest absolute Gasteiger partial charge is 0.434 e. The molecule has 1 atom stereocenters. The van der Waals surface area contributed by atoms with Gasteiger partial charge in [0.1, 0.15) is 5.01 Å². The molecule has 0 aromatic carbocycles. The molecule has 0 bridgehead atoms. The number of hydrogen-bond donors (Lipinski definition) is 0. The summed E-state index contributed by atoms with van der Waals surface area (Å²) in [5.74, 6) is -0.753. The van der Waals surface area contributed by atoms with Crippen LogP contribution in [0.2, 0.25) is 0 Å². The Balaban J connectivity index is 1.80. The van der Waals surface area contributed by atoms with E-state index in [0.29, 0.717) is 0 Å². The SMILES string of the molecule is O=C(Cc1nc(C(F)(F)F)cs1)N(Cc1ccncc1)C1C=CS(=O)(=O)C1.